The molecule has 23 heavy (non-hydrogen) atoms. The standard InChI is InChI=1S/C15H16N2O5S/c1-3-13-12(8-9-22-13)15(19)16-11-6-4-10(5-7-11)14(18)17-23(2,20)21/h4-9H,3H2,1-2H3,(H,16,19)(H,17,18). The van der Waals surface area contributed by atoms with Crippen molar-refractivity contribution >= 4 is 27.5 Å². The molecule has 0 unspecified atom stereocenters. The van der Waals surface area contributed by atoms with Gasteiger partial charge in [0.2, 0.25) is 10.0 Å². The van der Waals surface area contributed by atoms with Gasteiger partial charge < -0.3 is 9.73 Å². The molecule has 0 aliphatic rings. The maximum Gasteiger partial charge on any atom is 0.264 e. The second-order valence-electron chi connectivity index (χ2n) is 4.85. The molecule has 0 aliphatic carbocycles. The molecule has 2 aromatic rings. The number of furan rings is 1. The molecule has 2 N–H and O–H groups in total. The van der Waals surface area contributed by atoms with Crippen molar-refractivity contribution in [3.05, 3.63) is 53.5 Å². The van der Waals surface area contributed by atoms with Crippen LogP contribution in [0.15, 0.2) is 41.0 Å². The Bertz CT molecular complexity index is 822. The summed E-state index contributed by atoms with van der Waals surface area (Å²) in [5.41, 5.74) is 1.10. The van der Waals surface area contributed by atoms with Crippen molar-refractivity contribution in [3.8, 4) is 0 Å². The first kappa shape index (κ1) is 16.8. The van der Waals surface area contributed by atoms with Crippen molar-refractivity contribution in [2.24, 2.45) is 0 Å². The summed E-state index contributed by atoms with van der Waals surface area (Å²) < 4.78 is 29.1. The van der Waals surface area contributed by atoms with E-state index in [1.807, 2.05) is 11.6 Å². The van der Waals surface area contributed by atoms with Crippen LogP contribution in [0.2, 0.25) is 0 Å². The highest BCUT2D eigenvalue weighted by molar-refractivity contribution is 7.89. The Morgan fingerprint density at radius 3 is 2.30 bits per heavy atom. The van der Waals surface area contributed by atoms with Crippen molar-refractivity contribution in [1.29, 1.82) is 0 Å². The summed E-state index contributed by atoms with van der Waals surface area (Å²) in [6.45, 7) is 1.88. The molecular formula is C15H16N2O5S. The molecule has 1 aromatic carbocycles. The monoisotopic (exact) mass is 336 g/mol. The summed E-state index contributed by atoms with van der Waals surface area (Å²) in [7, 11) is -3.62. The maximum absolute atomic E-state index is 12.1. The lowest BCUT2D eigenvalue weighted by Crippen LogP contribution is -2.29. The number of aryl methyl sites for hydroxylation is 1. The van der Waals surface area contributed by atoms with Gasteiger partial charge in [-0.05, 0) is 30.3 Å². The SMILES string of the molecule is CCc1occc1C(=O)Nc1ccc(C(=O)NS(C)(=O)=O)cc1. The first-order valence-electron chi connectivity index (χ1n) is 6.80. The highest BCUT2D eigenvalue weighted by atomic mass is 32.2. The van der Waals surface area contributed by atoms with Gasteiger partial charge in [-0.25, -0.2) is 13.1 Å². The van der Waals surface area contributed by atoms with E-state index in [0.29, 0.717) is 23.4 Å². The van der Waals surface area contributed by atoms with Gasteiger partial charge >= 0.3 is 0 Å². The molecule has 8 heteroatoms. The maximum atomic E-state index is 12.1. The fraction of sp³-hybridized carbons (Fsp3) is 0.200. The van der Waals surface area contributed by atoms with Crippen molar-refractivity contribution in [1.82, 2.24) is 4.72 Å². The average molecular weight is 336 g/mol. The van der Waals surface area contributed by atoms with Crippen molar-refractivity contribution < 1.29 is 22.4 Å². The van der Waals surface area contributed by atoms with Crippen LogP contribution in [0.25, 0.3) is 0 Å². The van der Waals surface area contributed by atoms with Gasteiger partial charge in [0.15, 0.2) is 0 Å². The van der Waals surface area contributed by atoms with Crippen molar-refractivity contribution in [2.75, 3.05) is 11.6 Å². The first-order valence-corrected chi connectivity index (χ1v) is 8.69. The fourth-order valence-electron chi connectivity index (χ4n) is 1.95. The lowest BCUT2D eigenvalue weighted by atomic mass is 10.1. The number of anilines is 1. The summed E-state index contributed by atoms with van der Waals surface area (Å²) >= 11 is 0. The summed E-state index contributed by atoms with van der Waals surface area (Å²) in [6, 6.07) is 7.46. The molecule has 0 saturated carbocycles. The zero-order chi connectivity index (χ0) is 17.0. The van der Waals surface area contributed by atoms with Gasteiger partial charge in [0, 0.05) is 17.7 Å². The van der Waals surface area contributed by atoms with Gasteiger partial charge in [-0.1, -0.05) is 6.92 Å². The Kier molecular flexibility index (Phi) is 4.85. The van der Waals surface area contributed by atoms with Crippen LogP contribution in [-0.4, -0.2) is 26.5 Å². The number of hydrogen-bond donors (Lipinski definition) is 2. The lowest BCUT2D eigenvalue weighted by Gasteiger charge is -2.06. The Morgan fingerprint density at radius 2 is 1.74 bits per heavy atom. The number of hydrogen-bond acceptors (Lipinski definition) is 5. The molecule has 7 nitrogen and oxygen atoms in total. The molecule has 0 aliphatic heterocycles. The Labute approximate surface area is 133 Å². The molecule has 0 fully saturated rings. The van der Waals surface area contributed by atoms with Gasteiger partial charge in [0.25, 0.3) is 11.8 Å². The first-order chi connectivity index (χ1) is 10.8. The van der Waals surface area contributed by atoms with Crippen LogP contribution < -0.4 is 10.0 Å². The average Bonchev–Trinajstić information content (AvgIpc) is 2.94. The Balaban J connectivity index is 2.08. The van der Waals surface area contributed by atoms with Gasteiger partial charge in [-0.2, -0.15) is 0 Å². The molecule has 0 bridgehead atoms. The second kappa shape index (κ2) is 6.66. The minimum atomic E-state index is -3.62. The second-order valence-corrected chi connectivity index (χ2v) is 6.59. The molecule has 1 aromatic heterocycles. The van der Waals surface area contributed by atoms with Crippen molar-refractivity contribution in [2.45, 2.75) is 13.3 Å². The number of nitrogens with one attached hydrogen (secondary N) is 2. The highest BCUT2D eigenvalue weighted by Crippen LogP contribution is 2.15. The summed E-state index contributed by atoms with van der Waals surface area (Å²) in [6.07, 6.45) is 2.95. The topological polar surface area (TPSA) is 105 Å². The van der Waals surface area contributed by atoms with E-state index in [-0.39, 0.29) is 11.5 Å². The van der Waals surface area contributed by atoms with Crippen LogP contribution in [-0.2, 0) is 16.4 Å². The molecule has 1 heterocycles. The van der Waals surface area contributed by atoms with E-state index in [2.05, 4.69) is 5.32 Å². The largest absolute Gasteiger partial charge is 0.469 e. The normalized spacial score (nSPS) is 11.0. The van der Waals surface area contributed by atoms with Crippen LogP contribution in [0.5, 0.6) is 0 Å². The number of benzene rings is 1. The number of carbonyl (C=O) groups is 2. The van der Waals surface area contributed by atoms with Crippen LogP contribution >= 0.6 is 0 Å². The zero-order valence-electron chi connectivity index (χ0n) is 12.6. The third kappa shape index (κ3) is 4.43. The Morgan fingerprint density at radius 1 is 1.09 bits per heavy atom. The molecular weight excluding hydrogens is 320 g/mol. The van der Waals surface area contributed by atoms with Crippen LogP contribution in [0.3, 0.4) is 0 Å². The molecule has 0 radical (unpaired) electrons. The van der Waals surface area contributed by atoms with E-state index in [1.165, 1.54) is 30.5 Å². The third-order valence-electron chi connectivity index (χ3n) is 2.99. The van der Waals surface area contributed by atoms with Crippen LogP contribution in [0, 0.1) is 0 Å². The predicted molar refractivity (Wildman–Crippen MR) is 84.8 cm³/mol. The molecule has 0 atom stereocenters. The number of rotatable bonds is 5. The van der Waals surface area contributed by atoms with E-state index in [9.17, 15) is 18.0 Å². The molecule has 0 saturated heterocycles. The lowest BCUT2D eigenvalue weighted by molar-refractivity contribution is 0.0980. The molecule has 2 amide bonds. The van der Waals surface area contributed by atoms with E-state index < -0.39 is 15.9 Å². The number of carbonyl (C=O) groups excluding carboxylic acids is 2. The Hall–Kier alpha value is -2.61. The zero-order valence-corrected chi connectivity index (χ0v) is 13.4. The minimum Gasteiger partial charge on any atom is -0.469 e. The number of sulfonamides is 1. The molecule has 2 rings (SSSR count). The summed E-state index contributed by atoms with van der Waals surface area (Å²) in [5, 5.41) is 2.68. The van der Waals surface area contributed by atoms with E-state index in [1.54, 1.807) is 6.07 Å². The van der Waals surface area contributed by atoms with Crippen molar-refractivity contribution in [3.63, 3.8) is 0 Å². The quantitative estimate of drug-likeness (QED) is 0.866. The van der Waals surface area contributed by atoms with Crippen LogP contribution in [0.4, 0.5) is 5.69 Å². The van der Waals surface area contributed by atoms with Gasteiger partial charge in [-0.3, -0.25) is 9.59 Å². The molecule has 0 spiro atoms. The number of amides is 2. The van der Waals surface area contributed by atoms with E-state index in [4.69, 9.17) is 4.42 Å². The van der Waals surface area contributed by atoms with Crippen LogP contribution in [0.1, 0.15) is 33.4 Å². The highest BCUT2D eigenvalue weighted by Gasteiger charge is 2.14. The third-order valence-corrected chi connectivity index (χ3v) is 3.55. The minimum absolute atomic E-state index is 0.172. The predicted octanol–water partition coefficient (Wildman–Crippen LogP) is 1.78. The van der Waals surface area contributed by atoms with Gasteiger partial charge in [0.05, 0.1) is 18.1 Å². The van der Waals surface area contributed by atoms with Gasteiger partial charge in [-0.15, -0.1) is 0 Å². The smallest absolute Gasteiger partial charge is 0.264 e. The van der Waals surface area contributed by atoms with E-state index >= 15 is 0 Å². The molecule has 122 valence electrons. The summed E-state index contributed by atoms with van der Waals surface area (Å²) in [4.78, 5) is 23.8. The van der Waals surface area contributed by atoms with E-state index in [0.717, 1.165) is 6.26 Å². The fourth-order valence-corrected chi connectivity index (χ4v) is 2.40. The summed E-state index contributed by atoms with van der Waals surface area (Å²) in [5.74, 6) is -0.455. The van der Waals surface area contributed by atoms with Gasteiger partial charge in [0.1, 0.15) is 5.76 Å².